The van der Waals surface area contributed by atoms with E-state index in [-0.39, 0.29) is 6.04 Å². The predicted octanol–water partition coefficient (Wildman–Crippen LogP) is 5.31. The van der Waals surface area contributed by atoms with Crippen molar-refractivity contribution < 1.29 is 4.39 Å². The van der Waals surface area contributed by atoms with Gasteiger partial charge in [-0.2, -0.15) is 0 Å². The van der Waals surface area contributed by atoms with Crippen LogP contribution in [-0.2, 0) is 6.42 Å². The first-order valence-electron chi connectivity index (χ1n) is 9.37. The van der Waals surface area contributed by atoms with Crippen molar-refractivity contribution in [2.24, 2.45) is 0 Å². The van der Waals surface area contributed by atoms with Gasteiger partial charge in [-0.25, -0.2) is 14.4 Å². The molecule has 2 heterocycles. The van der Waals surface area contributed by atoms with Crippen molar-refractivity contribution in [3.8, 4) is 11.4 Å². The second kappa shape index (κ2) is 6.99. The van der Waals surface area contributed by atoms with Crippen LogP contribution in [0.25, 0.3) is 17.0 Å². The van der Waals surface area contributed by atoms with E-state index in [9.17, 15) is 4.39 Å². The SMILES string of the molecule is Fc1cncc(-c2nc(Cl)cc(N[C@@H]3CCC4=C(C3)c3ccccc3C4)n2)c1. The molecule has 6 heteroatoms. The van der Waals surface area contributed by atoms with E-state index in [0.29, 0.717) is 22.4 Å². The van der Waals surface area contributed by atoms with E-state index in [1.807, 2.05) is 0 Å². The van der Waals surface area contributed by atoms with E-state index in [0.717, 1.165) is 31.9 Å². The van der Waals surface area contributed by atoms with Gasteiger partial charge in [0.1, 0.15) is 16.8 Å². The number of halogens is 2. The molecular weight excluding hydrogens is 375 g/mol. The lowest BCUT2D eigenvalue weighted by Gasteiger charge is -2.26. The summed E-state index contributed by atoms with van der Waals surface area (Å²) in [6.07, 6.45) is 6.86. The molecule has 1 aromatic carbocycles. The summed E-state index contributed by atoms with van der Waals surface area (Å²) in [5.74, 6) is 0.589. The van der Waals surface area contributed by atoms with Gasteiger partial charge in [0.25, 0.3) is 0 Å². The van der Waals surface area contributed by atoms with E-state index in [1.165, 1.54) is 29.0 Å². The van der Waals surface area contributed by atoms with E-state index in [4.69, 9.17) is 11.6 Å². The summed E-state index contributed by atoms with van der Waals surface area (Å²) in [4.78, 5) is 12.6. The van der Waals surface area contributed by atoms with Crippen LogP contribution < -0.4 is 5.32 Å². The summed E-state index contributed by atoms with van der Waals surface area (Å²) >= 11 is 6.20. The molecule has 1 atom stereocenters. The maximum absolute atomic E-state index is 13.5. The van der Waals surface area contributed by atoms with Crippen LogP contribution in [0.2, 0.25) is 5.15 Å². The number of benzene rings is 1. The van der Waals surface area contributed by atoms with Crippen LogP contribution in [0.4, 0.5) is 10.2 Å². The number of rotatable bonds is 3. The summed E-state index contributed by atoms with van der Waals surface area (Å²) in [6.45, 7) is 0. The zero-order valence-electron chi connectivity index (χ0n) is 15.1. The second-order valence-electron chi connectivity index (χ2n) is 7.29. The number of aromatic nitrogens is 3. The van der Waals surface area contributed by atoms with Gasteiger partial charge in [0.15, 0.2) is 5.82 Å². The van der Waals surface area contributed by atoms with Crippen molar-refractivity contribution in [1.29, 1.82) is 0 Å². The largest absolute Gasteiger partial charge is 0.367 e. The van der Waals surface area contributed by atoms with Crippen LogP contribution in [-0.4, -0.2) is 21.0 Å². The molecule has 0 aliphatic heterocycles. The van der Waals surface area contributed by atoms with Crippen LogP contribution in [0.5, 0.6) is 0 Å². The Bertz CT molecular complexity index is 1100. The molecule has 0 amide bonds. The molecule has 3 aromatic rings. The molecule has 2 aliphatic carbocycles. The highest BCUT2D eigenvalue weighted by Crippen LogP contribution is 2.42. The fourth-order valence-corrected chi connectivity index (χ4v) is 4.36. The second-order valence-corrected chi connectivity index (χ2v) is 7.68. The molecule has 2 aromatic heterocycles. The molecule has 0 bridgehead atoms. The Kier molecular flexibility index (Phi) is 4.32. The number of hydrogen-bond donors (Lipinski definition) is 1. The zero-order valence-corrected chi connectivity index (χ0v) is 15.9. The van der Waals surface area contributed by atoms with Gasteiger partial charge in [0, 0.05) is 23.9 Å². The Morgan fingerprint density at radius 2 is 2.00 bits per heavy atom. The number of nitrogens with zero attached hydrogens (tertiary/aromatic N) is 3. The third-order valence-electron chi connectivity index (χ3n) is 5.43. The number of nitrogens with one attached hydrogen (secondary N) is 1. The Labute approximate surface area is 167 Å². The van der Waals surface area contributed by atoms with Gasteiger partial charge < -0.3 is 5.32 Å². The summed E-state index contributed by atoms with van der Waals surface area (Å²) in [7, 11) is 0. The van der Waals surface area contributed by atoms with E-state index in [2.05, 4.69) is 44.5 Å². The molecular formula is C22H18ClFN4. The van der Waals surface area contributed by atoms with E-state index < -0.39 is 5.82 Å². The number of allylic oxidation sites excluding steroid dienone is 1. The van der Waals surface area contributed by atoms with Crippen LogP contribution in [0.15, 0.2) is 54.4 Å². The van der Waals surface area contributed by atoms with Crippen LogP contribution in [0.1, 0.15) is 30.4 Å². The van der Waals surface area contributed by atoms with Crippen LogP contribution in [0, 0.1) is 5.82 Å². The molecule has 0 unspecified atom stereocenters. The molecule has 140 valence electrons. The van der Waals surface area contributed by atoms with Crippen molar-refractivity contribution in [1.82, 2.24) is 15.0 Å². The van der Waals surface area contributed by atoms with Crippen LogP contribution in [0.3, 0.4) is 0 Å². The zero-order chi connectivity index (χ0) is 19.1. The van der Waals surface area contributed by atoms with Crippen LogP contribution >= 0.6 is 11.6 Å². The summed E-state index contributed by atoms with van der Waals surface area (Å²) in [6, 6.07) is 12.0. The molecule has 2 aliphatic rings. The quantitative estimate of drug-likeness (QED) is 0.614. The first kappa shape index (κ1) is 17.3. The van der Waals surface area contributed by atoms with Gasteiger partial charge in [-0.3, -0.25) is 4.98 Å². The molecule has 0 radical (unpaired) electrons. The first-order chi connectivity index (χ1) is 13.7. The van der Waals surface area contributed by atoms with Crippen molar-refractivity contribution in [3.05, 3.63) is 76.5 Å². The lowest BCUT2D eigenvalue weighted by molar-refractivity contribution is 0.621. The van der Waals surface area contributed by atoms with E-state index >= 15 is 0 Å². The number of pyridine rings is 1. The van der Waals surface area contributed by atoms with Crippen molar-refractivity contribution in [2.45, 2.75) is 31.7 Å². The molecule has 5 rings (SSSR count). The minimum absolute atomic E-state index is 0.273. The molecule has 0 spiro atoms. The predicted molar refractivity (Wildman–Crippen MR) is 109 cm³/mol. The molecule has 1 N–H and O–H groups in total. The maximum Gasteiger partial charge on any atom is 0.164 e. The monoisotopic (exact) mass is 392 g/mol. The highest BCUT2D eigenvalue weighted by Gasteiger charge is 2.28. The van der Waals surface area contributed by atoms with Gasteiger partial charge in [-0.05, 0) is 48.4 Å². The van der Waals surface area contributed by atoms with Crippen molar-refractivity contribution in [3.63, 3.8) is 0 Å². The molecule has 0 fully saturated rings. The van der Waals surface area contributed by atoms with Crippen molar-refractivity contribution >= 4 is 23.0 Å². The lowest BCUT2D eigenvalue weighted by atomic mass is 9.88. The normalized spacial score (nSPS) is 18.0. The Balaban J connectivity index is 1.39. The fourth-order valence-electron chi connectivity index (χ4n) is 4.17. The Hall–Kier alpha value is -2.79. The third kappa shape index (κ3) is 3.27. The topological polar surface area (TPSA) is 50.7 Å². The Morgan fingerprint density at radius 3 is 2.89 bits per heavy atom. The smallest absolute Gasteiger partial charge is 0.164 e. The van der Waals surface area contributed by atoms with Gasteiger partial charge in [0.05, 0.1) is 6.20 Å². The molecule has 28 heavy (non-hydrogen) atoms. The number of anilines is 1. The molecule has 0 saturated heterocycles. The minimum Gasteiger partial charge on any atom is -0.367 e. The lowest BCUT2D eigenvalue weighted by Crippen LogP contribution is -2.23. The maximum atomic E-state index is 13.5. The van der Waals surface area contributed by atoms with Crippen molar-refractivity contribution in [2.75, 3.05) is 5.32 Å². The number of fused-ring (bicyclic) bond motifs is 2. The standard InChI is InChI=1S/C22H18ClFN4/c23-20-10-21(28-22(27-20)15-8-16(24)12-25-11-15)26-17-6-5-14-7-13-3-1-2-4-18(13)19(14)9-17/h1-4,8,10-12,17H,5-7,9H2,(H,26,27,28)/t17-/m1/s1. The molecule has 0 saturated carbocycles. The number of hydrogen-bond acceptors (Lipinski definition) is 4. The molecule has 4 nitrogen and oxygen atoms in total. The average molecular weight is 393 g/mol. The highest BCUT2D eigenvalue weighted by molar-refractivity contribution is 6.29. The van der Waals surface area contributed by atoms with E-state index in [1.54, 1.807) is 11.6 Å². The Morgan fingerprint density at radius 1 is 1.11 bits per heavy atom. The minimum atomic E-state index is -0.428. The summed E-state index contributed by atoms with van der Waals surface area (Å²) in [5.41, 5.74) is 6.35. The third-order valence-corrected chi connectivity index (χ3v) is 5.62. The van der Waals surface area contributed by atoms with Gasteiger partial charge in [0.2, 0.25) is 0 Å². The summed E-state index contributed by atoms with van der Waals surface area (Å²) < 4.78 is 13.5. The fraction of sp³-hybridized carbons (Fsp3) is 0.227. The van der Waals surface area contributed by atoms with Gasteiger partial charge in [-0.15, -0.1) is 0 Å². The summed E-state index contributed by atoms with van der Waals surface area (Å²) in [5, 5.41) is 3.82. The van der Waals surface area contributed by atoms with Gasteiger partial charge >= 0.3 is 0 Å². The highest BCUT2D eigenvalue weighted by atomic mass is 35.5. The average Bonchev–Trinajstić information content (AvgIpc) is 3.06. The first-order valence-corrected chi connectivity index (χ1v) is 9.75. The van der Waals surface area contributed by atoms with Gasteiger partial charge in [-0.1, -0.05) is 41.4 Å².